The zero-order valence-corrected chi connectivity index (χ0v) is 18.6. The number of alkyl halides is 3. The second-order valence-electron chi connectivity index (χ2n) is 5.64. The van der Waals surface area contributed by atoms with Crippen molar-refractivity contribution in [2.24, 2.45) is 4.99 Å². The number of rotatable bonds is 5. The molecular weight excluding hydrogens is 492 g/mol. The highest BCUT2D eigenvalue weighted by Gasteiger charge is 2.33. The maximum Gasteiger partial charge on any atom is 0.416 e. The Morgan fingerprint density at radius 1 is 1.37 bits per heavy atom. The topological polar surface area (TPSA) is 49.8 Å². The predicted molar refractivity (Wildman–Crippen MR) is 112 cm³/mol. The first-order valence-corrected chi connectivity index (χ1v) is 8.69. The van der Waals surface area contributed by atoms with Crippen molar-refractivity contribution < 1.29 is 17.9 Å². The average Bonchev–Trinajstić information content (AvgIpc) is 2.99. The molecule has 0 aliphatic rings. The van der Waals surface area contributed by atoms with Crippen LogP contribution in [0.1, 0.15) is 21.8 Å². The van der Waals surface area contributed by atoms with Crippen molar-refractivity contribution in [2.75, 3.05) is 21.2 Å². The van der Waals surface area contributed by atoms with Crippen molar-refractivity contribution in [1.82, 2.24) is 15.2 Å². The normalized spacial score (nSPS) is 11.7. The van der Waals surface area contributed by atoms with Crippen LogP contribution in [0.5, 0.6) is 5.75 Å². The third-order valence-electron chi connectivity index (χ3n) is 3.70. The molecule has 1 aromatic carbocycles. The summed E-state index contributed by atoms with van der Waals surface area (Å²) in [7, 11) is 4.73. The molecule has 2 rings (SSSR count). The fourth-order valence-electron chi connectivity index (χ4n) is 2.46. The van der Waals surface area contributed by atoms with Crippen molar-refractivity contribution in [3.05, 3.63) is 45.4 Å². The molecule has 5 nitrogen and oxygen atoms in total. The van der Waals surface area contributed by atoms with E-state index in [1.165, 1.54) is 19.2 Å². The average molecular weight is 514 g/mol. The van der Waals surface area contributed by atoms with E-state index in [0.717, 1.165) is 16.8 Å². The first-order chi connectivity index (χ1) is 12.2. The number of hydrogen-bond donors (Lipinski definition) is 1. The van der Waals surface area contributed by atoms with Gasteiger partial charge in [0.05, 0.1) is 29.9 Å². The number of hydrogen-bond acceptors (Lipinski definition) is 4. The summed E-state index contributed by atoms with van der Waals surface area (Å²) in [5.41, 5.74) is 0.285. The second-order valence-corrected chi connectivity index (χ2v) is 6.70. The lowest BCUT2D eigenvalue weighted by Gasteiger charge is -2.22. The third-order valence-corrected chi connectivity index (χ3v) is 4.52. The molecule has 0 fully saturated rings. The fourth-order valence-corrected chi connectivity index (χ4v) is 3.06. The largest absolute Gasteiger partial charge is 0.497 e. The molecule has 0 amide bonds. The quantitative estimate of drug-likeness (QED) is 0.367. The van der Waals surface area contributed by atoms with Gasteiger partial charge in [0.2, 0.25) is 0 Å². The van der Waals surface area contributed by atoms with E-state index in [4.69, 9.17) is 4.74 Å². The fraction of sp³-hybridized carbons (Fsp3) is 0.412. The van der Waals surface area contributed by atoms with Crippen molar-refractivity contribution >= 4 is 41.3 Å². The van der Waals surface area contributed by atoms with E-state index in [2.05, 4.69) is 15.3 Å². The van der Waals surface area contributed by atoms with E-state index >= 15 is 0 Å². The first-order valence-electron chi connectivity index (χ1n) is 7.81. The number of aliphatic imine (C=N–C) groups is 1. The number of aryl methyl sites for hydroxylation is 1. The van der Waals surface area contributed by atoms with Crippen molar-refractivity contribution in [3.8, 4) is 5.75 Å². The molecule has 150 valence electrons. The number of ether oxygens (including phenoxy) is 1. The summed E-state index contributed by atoms with van der Waals surface area (Å²) in [4.78, 5) is 10.3. The van der Waals surface area contributed by atoms with Crippen LogP contribution in [-0.4, -0.2) is 37.0 Å². The highest BCUT2D eigenvalue weighted by molar-refractivity contribution is 14.0. The van der Waals surface area contributed by atoms with Gasteiger partial charge in [-0.3, -0.25) is 4.99 Å². The molecule has 0 unspecified atom stereocenters. The van der Waals surface area contributed by atoms with Gasteiger partial charge in [0.1, 0.15) is 5.75 Å². The summed E-state index contributed by atoms with van der Waals surface area (Å²) in [5, 5.41) is 5.88. The van der Waals surface area contributed by atoms with Crippen LogP contribution in [0.15, 0.2) is 28.6 Å². The lowest BCUT2D eigenvalue weighted by atomic mass is 10.1. The summed E-state index contributed by atoms with van der Waals surface area (Å²) in [5.74, 6) is 0.654. The highest BCUT2D eigenvalue weighted by Crippen LogP contribution is 2.34. The highest BCUT2D eigenvalue weighted by atomic mass is 127. The molecule has 0 saturated heterocycles. The summed E-state index contributed by atoms with van der Waals surface area (Å²) in [6, 6.07) is 3.92. The Morgan fingerprint density at radius 3 is 2.59 bits per heavy atom. The minimum absolute atomic E-state index is 0. The molecule has 27 heavy (non-hydrogen) atoms. The van der Waals surface area contributed by atoms with Crippen molar-refractivity contribution in [3.63, 3.8) is 0 Å². The van der Waals surface area contributed by atoms with Gasteiger partial charge in [-0.15, -0.1) is 35.3 Å². The maximum atomic E-state index is 13.3. The Morgan fingerprint density at radius 2 is 2.07 bits per heavy atom. The van der Waals surface area contributed by atoms with E-state index in [9.17, 15) is 13.2 Å². The predicted octanol–water partition coefficient (Wildman–Crippen LogP) is 4.30. The van der Waals surface area contributed by atoms with Crippen LogP contribution in [0.25, 0.3) is 0 Å². The lowest BCUT2D eigenvalue weighted by molar-refractivity contribution is -0.138. The Hall–Kier alpha value is -1.56. The SMILES string of the molecule is CN=C(NCc1ccc(OC)cc1C(F)(F)F)N(C)Cc1csc(C)n1.I. The van der Waals surface area contributed by atoms with E-state index in [1.54, 1.807) is 18.4 Å². The Balaban J connectivity index is 0.00000364. The van der Waals surface area contributed by atoms with E-state index in [1.807, 2.05) is 24.3 Å². The molecule has 1 aromatic heterocycles. The summed E-state index contributed by atoms with van der Waals surface area (Å²) >= 11 is 1.55. The van der Waals surface area contributed by atoms with Gasteiger partial charge in [-0.25, -0.2) is 4.98 Å². The van der Waals surface area contributed by atoms with Crippen LogP contribution < -0.4 is 10.1 Å². The Kier molecular flexibility index (Phi) is 8.79. The van der Waals surface area contributed by atoms with Crippen LogP contribution in [0.2, 0.25) is 0 Å². The molecule has 10 heteroatoms. The number of benzene rings is 1. The molecule has 0 saturated carbocycles. The number of nitrogens with one attached hydrogen (secondary N) is 1. The first kappa shape index (κ1) is 23.5. The van der Waals surface area contributed by atoms with Gasteiger partial charge in [-0.1, -0.05) is 6.07 Å². The van der Waals surface area contributed by atoms with E-state index in [0.29, 0.717) is 12.5 Å². The summed E-state index contributed by atoms with van der Waals surface area (Å²) < 4.78 is 44.8. The molecule has 0 aliphatic heterocycles. The smallest absolute Gasteiger partial charge is 0.416 e. The van der Waals surface area contributed by atoms with Crippen LogP contribution in [0.4, 0.5) is 13.2 Å². The monoisotopic (exact) mass is 514 g/mol. The van der Waals surface area contributed by atoms with Gasteiger partial charge in [0.15, 0.2) is 5.96 Å². The number of nitrogens with zero attached hydrogens (tertiary/aromatic N) is 3. The number of methoxy groups -OCH3 is 1. The number of thiazole rings is 1. The lowest BCUT2D eigenvalue weighted by Crippen LogP contribution is -2.38. The third kappa shape index (κ3) is 6.52. The van der Waals surface area contributed by atoms with Crippen LogP contribution in [0, 0.1) is 6.92 Å². The van der Waals surface area contributed by atoms with Gasteiger partial charge >= 0.3 is 6.18 Å². The van der Waals surface area contributed by atoms with Gasteiger partial charge < -0.3 is 15.0 Å². The molecule has 0 radical (unpaired) electrons. The molecule has 0 bridgehead atoms. The van der Waals surface area contributed by atoms with Crippen molar-refractivity contribution in [2.45, 2.75) is 26.2 Å². The number of halogens is 4. The van der Waals surface area contributed by atoms with Gasteiger partial charge in [-0.2, -0.15) is 13.2 Å². The standard InChI is InChI=1S/C17H21F3N4OS.HI/c1-11-23-13(10-26-11)9-24(3)16(21-2)22-8-12-5-6-14(25-4)7-15(12)17(18,19)20;/h5-7,10H,8-9H2,1-4H3,(H,21,22);1H. The molecule has 0 spiro atoms. The maximum absolute atomic E-state index is 13.3. The van der Waals surface area contributed by atoms with Crippen LogP contribution >= 0.6 is 35.3 Å². The van der Waals surface area contributed by atoms with E-state index in [-0.39, 0.29) is 41.8 Å². The minimum atomic E-state index is -4.46. The molecule has 1 heterocycles. The molecular formula is C17H22F3IN4OS. The zero-order chi connectivity index (χ0) is 19.3. The molecule has 2 aromatic rings. The van der Waals surface area contributed by atoms with E-state index < -0.39 is 11.7 Å². The summed E-state index contributed by atoms with van der Waals surface area (Å²) in [6.45, 7) is 2.42. The molecule has 1 N–H and O–H groups in total. The minimum Gasteiger partial charge on any atom is -0.497 e. The molecule has 0 atom stereocenters. The van der Waals surface area contributed by atoms with Crippen LogP contribution in [0.3, 0.4) is 0 Å². The number of guanidine groups is 1. The Bertz CT molecular complexity index is 780. The van der Waals surface area contributed by atoms with Crippen LogP contribution in [-0.2, 0) is 19.3 Å². The summed E-state index contributed by atoms with van der Waals surface area (Å²) in [6.07, 6.45) is -4.46. The zero-order valence-electron chi connectivity index (χ0n) is 15.4. The van der Waals surface area contributed by atoms with Gasteiger partial charge in [-0.05, 0) is 24.6 Å². The van der Waals surface area contributed by atoms with Crippen molar-refractivity contribution in [1.29, 1.82) is 0 Å². The second kappa shape index (κ2) is 10.1. The Labute approximate surface area is 177 Å². The molecule has 0 aliphatic carbocycles. The number of aromatic nitrogens is 1. The van der Waals surface area contributed by atoms with Gasteiger partial charge in [0.25, 0.3) is 0 Å². The van der Waals surface area contributed by atoms with Gasteiger partial charge in [0, 0.05) is 26.0 Å².